The monoisotopic (exact) mass is 490 g/mol. The SMILES string of the molecule is C=CC(=CCc1cccc(-c2ccc3oc4c(-c5cccc(C)c5)cccc4c3c2)c1)c1cccc(C)c1. The average Bonchev–Trinajstić information content (AvgIpc) is 3.32. The molecule has 0 bridgehead atoms. The summed E-state index contributed by atoms with van der Waals surface area (Å²) >= 11 is 0. The van der Waals surface area contributed by atoms with E-state index >= 15 is 0 Å². The van der Waals surface area contributed by atoms with Crippen molar-refractivity contribution in [1.29, 1.82) is 0 Å². The molecule has 0 aliphatic carbocycles. The zero-order chi connectivity index (χ0) is 26.1. The largest absolute Gasteiger partial charge is 0.455 e. The molecule has 6 aromatic rings. The second kappa shape index (κ2) is 10.0. The van der Waals surface area contributed by atoms with Crippen LogP contribution >= 0.6 is 0 Å². The van der Waals surface area contributed by atoms with E-state index < -0.39 is 0 Å². The molecule has 6 rings (SSSR count). The van der Waals surface area contributed by atoms with Crippen LogP contribution in [0.25, 0.3) is 49.8 Å². The molecule has 0 aliphatic heterocycles. The topological polar surface area (TPSA) is 13.1 Å². The average molecular weight is 491 g/mol. The Morgan fingerprint density at radius 2 is 1.42 bits per heavy atom. The van der Waals surface area contributed by atoms with Crippen molar-refractivity contribution in [2.75, 3.05) is 0 Å². The minimum Gasteiger partial charge on any atom is -0.455 e. The molecule has 0 saturated heterocycles. The predicted octanol–water partition coefficient (Wildman–Crippen LogP) is 10.3. The minimum atomic E-state index is 0.847. The second-order valence-electron chi connectivity index (χ2n) is 10.0. The number of rotatable bonds is 6. The maximum atomic E-state index is 6.40. The van der Waals surface area contributed by atoms with Crippen LogP contribution in [0, 0.1) is 13.8 Å². The Morgan fingerprint density at radius 3 is 2.24 bits per heavy atom. The summed E-state index contributed by atoms with van der Waals surface area (Å²) in [5, 5.41) is 2.29. The van der Waals surface area contributed by atoms with Gasteiger partial charge in [0.1, 0.15) is 11.2 Å². The number of fused-ring (bicyclic) bond motifs is 3. The van der Waals surface area contributed by atoms with E-state index in [-0.39, 0.29) is 0 Å². The van der Waals surface area contributed by atoms with Crippen LogP contribution in [0.2, 0.25) is 0 Å². The van der Waals surface area contributed by atoms with Gasteiger partial charge in [0.05, 0.1) is 0 Å². The lowest BCUT2D eigenvalue weighted by atomic mass is 9.97. The van der Waals surface area contributed by atoms with E-state index in [1.165, 1.54) is 38.9 Å². The van der Waals surface area contributed by atoms with Gasteiger partial charge >= 0.3 is 0 Å². The molecule has 0 atom stereocenters. The van der Waals surface area contributed by atoms with Gasteiger partial charge in [-0.1, -0.05) is 127 Å². The summed E-state index contributed by atoms with van der Waals surface area (Å²) < 4.78 is 6.40. The van der Waals surface area contributed by atoms with Crippen molar-refractivity contribution in [2.24, 2.45) is 0 Å². The quantitative estimate of drug-likeness (QED) is 0.212. The van der Waals surface area contributed by atoms with Gasteiger partial charge in [0.2, 0.25) is 0 Å². The Bertz CT molecular complexity index is 1830. The Morgan fingerprint density at radius 1 is 0.684 bits per heavy atom. The fourth-order valence-corrected chi connectivity index (χ4v) is 5.27. The van der Waals surface area contributed by atoms with E-state index in [0.717, 1.165) is 39.5 Å². The summed E-state index contributed by atoms with van der Waals surface area (Å²) in [6.45, 7) is 8.29. The molecule has 0 spiro atoms. The molecule has 5 aromatic carbocycles. The molecule has 0 amide bonds. The molecular formula is C37H30O. The molecule has 0 fully saturated rings. The second-order valence-corrected chi connectivity index (χ2v) is 10.0. The van der Waals surface area contributed by atoms with Crippen LogP contribution in [0.1, 0.15) is 22.3 Å². The Balaban J connectivity index is 1.35. The van der Waals surface area contributed by atoms with Crippen molar-refractivity contribution in [3.8, 4) is 22.3 Å². The number of allylic oxidation sites excluding steroid dienone is 3. The van der Waals surface area contributed by atoms with Crippen LogP contribution in [0.4, 0.5) is 0 Å². The van der Waals surface area contributed by atoms with Gasteiger partial charge in [-0.25, -0.2) is 0 Å². The zero-order valence-electron chi connectivity index (χ0n) is 21.9. The molecule has 0 aliphatic rings. The molecule has 0 saturated carbocycles. The molecule has 1 heteroatoms. The molecule has 184 valence electrons. The van der Waals surface area contributed by atoms with Crippen molar-refractivity contribution in [3.63, 3.8) is 0 Å². The van der Waals surface area contributed by atoms with E-state index in [2.05, 4.69) is 136 Å². The van der Waals surface area contributed by atoms with Crippen LogP contribution in [0.5, 0.6) is 0 Å². The van der Waals surface area contributed by atoms with Crippen molar-refractivity contribution in [3.05, 3.63) is 150 Å². The highest BCUT2D eigenvalue weighted by molar-refractivity contribution is 6.10. The summed E-state index contributed by atoms with van der Waals surface area (Å²) in [7, 11) is 0. The molecule has 1 nitrogen and oxygen atoms in total. The number of furan rings is 1. The van der Waals surface area contributed by atoms with E-state index in [0.29, 0.717) is 0 Å². The highest BCUT2D eigenvalue weighted by atomic mass is 16.3. The molecular weight excluding hydrogens is 460 g/mol. The highest BCUT2D eigenvalue weighted by Gasteiger charge is 2.13. The Hall–Kier alpha value is -4.62. The van der Waals surface area contributed by atoms with Gasteiger partial charge in [-0.15, -0.1) is 0 Å². The zero-order valence-corrected chi connectivity index (χ0v) is 21.9. The summed E-state index contributed by atoms with van der Waals surface area (Å²) in [6.07, 6.45) is 5.06. The molecule has 0 unspecified atom stereocenters. The first kappa shape index (κ1) is 23.8. The van der Waals surface area contributed by atoms with E-state index in [4.69, 9.17) is 4.42 Å². The molecule has 0 radical (unpaired) electrons. The molecule has 38 heavy (non-hydrogen) atoms. The predicted molar refractivity (Wildman–Crippen MR) is 162 cm³/mol. The minimum absolute atomic E-state index is 0.847. The first-order chi connectivity index (χ1) is 18.6. The van der Waals surface area contributed by atoms with Crippen LogP contribution in [0.3, 0.4) is 0 Å². The fourth-order valence-electron chi connectivity index (χ4n) is 5.27. The van der Waals surface area contributed by atoms with Gasteiger partial charge in [-0.2, -0.15) is 0 Å². The van der Waals surface area contributed by atoms with Crippen LogP contribution in [-0.2, 0) is 6.42 Å². The third-order valence-corrected chi connectivity index (χ3v) is 7.22. The lowest BCUT2D eigenvalue weighted by molar-refractivity contribution is 0.670. The lowest BCUT2D eigenvalue weighted by Gasteiger charge is -2.07. The van der Waals surface area contributed by atoms with Crippen LogP contribution < -0.4 is 0 Å². The number of benzene rings is 5. The van der Waals surface area contributed by atoms with E-state index in [1.807, 2.05) is 6.08 Å². The van der Waals surface area contributed by atoms with Gasteiger partial charge in [0, 0.05) is 16.3 Å². The maximum Gasteiger partial charge on any atom is 0.143 e. The highest BCUT2D eigenvalue weighted by Crippen LogP contribution is 2.37. The number of aryl methyl sites for hydroxylation is 2. The van der Waals surface area contributed by atoms with Crippen LogP contribution in [-0.4, -0.2) is 0 Å². The Labute approximate surface area is 224 Å². The smallest absolute Gasteiger partial charge is 0.143 e. The first-order valence-electron chi connectivity index (χ1n) is 13.1. The van der Waals surface area contributed by atoms with Gasteiger partial charge in [0.25, 0.3) is 0 Å². The van der Waals surface area contributed by atoms with E-state index in [1.54, 1.807) is 0 Å². The molecule has 1 aromatic heterocycles. The van der Waals surface area contributed by atoms with E-state index in [9.17, 15) is 0 Å². The van der Waals surface area contributed by atoms with Gasteiger partial charge in [0.15, 0.2) is 0 Å². The third kappa shape index (κ3) is 4.60. The van der Waals surface area contributed by atoms with Gasteiger partial charge in [-0.05, 0) is 65.8 Å². The van der Waals surface area contributed by atoms with Crippen LogP contribution in [0.15, 0.2) is 132 Å². The number of hydrogen-bond donors (Lipinski definition) is 0. The number of hydrogen-bond acceptors (Lipinski definition) is 1. The summed E-state index contributed by atoms with van der Waals surface area (Å²) in [4.78, 5) is 0. The maximum absolute atomic E-state index is 6.40. The lowest BCUT2D eigenvalue weighted by Crippen LogP contribution is -1.87. The van der Waals surface area contributed by atoms with Crippen molar-refractivity contribution in [1.82, 2.24) is 0 Å². The summed E-state index contributed by atoms with van der Waals surface area (Å²) in [6, 6.07) is 38.9. The normalized spacial score (nSPS) is 11.8. The molecule has 0 N–H and O–H groups in total. The third-order valence-electron chi connectivity index (χ3n) is 7.22. The van der Waals surface area contributed by atoms with Crippen molar-refractivity contribution in [2.45, 2.75) is 20.3 Å². The number of para-hydroxylation sites is 1. The fraction of sp³-hybridized carbons (Fsp3) is 0.0811. The van der Waals surface area contributed by atoms with Gasteiger partial charge < -0.3 is 4.42 Å². The van der Waals surface area contributed by atoms with Gasteiger partial charge in [-0.3, -0.25) is 0 Å². The Kier molecular flexibility index (Phi) is 6.27. The standard InChI is InChI=1S/C37H30O/c1-4-28(29-12-5-9-25(2)21-29)18-17-27-11-7-13-30(23-27)31-19-20-36-35(24-31)34-16-8-15-33(37(34)38-36)32-14-6-10-26(3)22-32/h4-16,18-24H,1,17H2,2-3H3. The first-order valence-corrected chi connectivity index (χ1v) is 13.1. The summed E-state index contributed by atoms with van der Waals surface area (Å²) in [5.74, 6) is 0. The molecule has 1 heterocycles. The van der Waals surface area contributed by atoms with Crippen molar-refractivity contribution < 1.29 is 4.42 Å². The summed E-state index contributed by atoms with van der Waals surface area (Å²) in [5.41, 5.74) is 12.7. The van der Waals surface area contributed by atoms with Crippen molar-refractivity contribution >= 4 is 27.5 Å².